The van der Waals surface area contributed by atoms with Gasteiger partial charge in [-0.25, -0.2) is 0 Å². The Hall–Kier alpha value is -1.35. The second-order valence-corrected chi connectivity index (χ2v) is 8.54. The smallest absolute Gasteiger partial charge is 0.231 e. The highest BCUT2D eigenvalue weighted by molar-refractivity contribution is 6.01. The van der Waals surface area contributed by atoms with Crippen molar-refractivity contribution < 1.29 is 4.79 Å². The zero-order valence-electron chi connectivity index (χ0n) is 14.5. The van der Waals surface area contributed by atoms with E-state index >= 15 is 0 Å². The predicted molar refractivity (Wildman–Crippen MR) is 96.0 cm³/mol. The Morgan fingerprint density at radius 1 is 1.00 bits per heavy atom. The number of para-hydroxylation sites is 1. The number of piperidine rings is 1. The third-order valence-electron chi connectivity index (χ3n) is 7.16. The van der Waals surface area contributed by atoms with Crippen LogP contribution in [0.3, 0.4) is 0 Å². The van der Waals surface area contributed by atoms with Crippen molar-refractivity contribution in [1.29, 1.82) is 0 Å². The lowest BCUT2D eigenvalue weighted by molar-refractivity contribution is -0.118. The third kappa shape index (κ3) is 2.48. The Bertz CT molecular complexity index is 634. The number of hydrogen-bond acceptors (Lipinski definition) is 2. The Balaban J connectivity index is 1.21. The van der Waals surface area contributed by atoms with Crippen molar-refractivity contribution in [3.63, 3.8) is 0 Å². The highest BCUT2D eigenvalue weighted by Crippen LogP contribution is 2.48. The Labute approximate surface area is 145 Å². The van der Waals surface area contributed by atoms with E-state index in [9.17, 15) is 4.79 Å². The van der Waals surface area contributed by atoms with Gasteiger partial charge >= 0.3 is 0 Å². The van der Waals surface area contributed by atoms with Gasteiger partial charge in [-0.3, -0.25) is 4.79 Å². The van der Waals surface area contributed by atoms with Gasteiger partial charge in [-0.05, 0) is 61.5 Å². The van der Waals surface area contributed by atoms with E-state index in [4.69, 9.17) is 0 Å². The maximum Gasteiger partial charge on any atom is 0.231 e. The molecule has 1 saturated heterocycles. The summed E-state index contributed by atoms with van der Waals surface area (Å²) in [7, 11) is 0. The molecule has 4 aliphatic rings. The lowest BCUT2D eigenvalue weighted by Gasteiger charge is -2.39. The van der Waals surface area contributed by atoms with Crippen LogP contribution in [0.1, 0.15) is 44.1 Å². The summed E-state index contributed by atoms with van der Waals surface area (Å²) in [5.41, 5.74) is 2.39. The molecule has 1 aromatic rings. The first-order chi connectivity index (χ1) is 11.8. The van der Waals surface area contributed by atoms with E-state index in [1.54, 1.807) is 0 Å². The molecular weight excluding hydrogens is 296 g/mol. The average Bonchev–Trinajstić information content (AvgIpc) is 3.29. The summed E-state index contributed by atoms with van der Waals surface area (Å²) in [6, 6.07) is 8.76. The van der Waals surface area contributed by atoms with Crippen molar-refractivity contribution in [2.75, 3.05) is 24.5 Å². The summed E-state index contributed by atoms with van der Waals surface area (Å²) in [4.78, 5) is 17.3. The number of hydrogen-bond donors (Lipinski definition) is 0. The first kappa shape index (κ1) is 14.9. The van der Waals surface area contributed by atoms with Crippen LogP contribution in [0.25, 0.3) is 0 Å². The van der Waals surface area contributed by atoms with Gasteiger partial charge in [0.2, 0.25) is 5.91 Å². The van der Waals surface area contributed by atoms with Crippen LogP contribution in [0.4, 0.5) is 5.69 Å². The van der Waals surface area contributed by atoms with E-state index in [0.717, 1.165) is 30.6 Å². The maximum atomic E-state index is 12.5. The van der Waals surface area contributed by atoms with E-state index in [1.165, 1.54) is 56.6 Å². The predicted octanol–water partition coefficient (Wildman–Crippen LogP) is 3.48. The van der Waals surface area contributed by atoms with Crippen LogP contribution in [0, 0.1) is 17.8 Å². The van der Waals surface area contributed by atoms with Gasteiger partial charge < -0.3 is 9.80 Å². The summed E-state index contributed by atoms with van der Waals surface area (Å²) in [6.07, 6.45) is 8.87. The minimum atomic E-state index is 0.308. The Kier molecular flexibility index (Phi) is 3.66. The number of amides is 1. The molecule has 0 N–H and O–H groups in total. The largest absolute Gasteiger partial charge is 0.309 e. The number of nitrogens with zero attached hydrogens (tertiary/aromatic N) is 2. The monoisotopic (exact) mass is 324 g/mol. The lowest BCUT2D eigenvalue weighted by atomic mass is 9.88. The molecule has 1 amide bonds. The summed E-state index contributed by atoms with van der Waals surface area (Å²) >= 11 is 0. The van der Waals surface area contributed by atoms with Gasteiger partial charge in [0.25, 0.3) is 0 Å². The van der Waals surface area contributed by atoms with Crippen molar-refractivity contribution in [1.82, 2.24) is 4.90 Å². The van der Waals surface area contributed by atoms with E-state index in [0.29, 0.717) is 18.4 Å². The second-order valence-electron chi connectivity index (χ2n) is 8.54. The molecule has 128 valence electrons. The number of carbonyl (C=O) groups is 1. The van der Waals surface area contributed by atoms with E-state index in [1.807, 2.05) is 6.07 Å². The fourth-order valence-corrected chi connectivity index (χ4v) is 5.97. The van der Waals surface area contributed by atoms with E-state index in [2.05, 4.69) is 28.0 Å². The fraction of sp³-hybridized carbons (Fsp3) is 0.667. The highest BCUT2D eigenvalue weighted by atomic mass is 16.2. The van der Waals surface area contributed by atoms with Crippen molar-refractivity contribution in [3.8, 4) is 0 Å². The van der Waals surface area contributed by atoms with Gasteiger partial charge in [-0.15, -0.1) is 0 Å². The van der Waals surface area contributed by atoms with Crippen molar-refractivity contribution in [2.24, 2.45) is 17.8 Å². The second kappa shape index (κ2) is 5.87. The van der Waals surface area contributed by atoms with Gasteiger partial charge in [0.05, 0.1) is 6.42 Å². The average molecular weight is 324 g/mol. The molecule has 5 rings (SSSR count). The molecule has 2 aliphatic carbocycles. The normalized spacial score (nSPS) is 33.4. The topological polar surface area (TPSA) is 23.6 Å². The van der Waals surface area contributed by atoms with Gasteiger partial charge in [0.15, 0.2) is 0 Å². The summed E-state index contributed by atoms with van der Waals surface area (Å²) in [6.45, 7) is 3.66. The summed E-state index contributed by atoms with van der Waals surface area (Å²) in [5.74, 6) is 3.35. The molecule has 2 aliphatic heterocycles. The number of carbonyl (C=O) groups excluding carboxylic acids is 1. The molecule has 2 bridgehead atoms. The number of rotatable bonds is 3. The zero-order valence-corrected chi connectivity index (χ0v) is 14.5. The quantitative estimate of drug-likeness (QED) is 0.850. The van der Waals surface area contributed by atoms with Crippen LogP contribution in [-0.4, -0.2) is 36.5 Å². The van der Waals surface area contributed by atoms with Crippen LogP contribution in [0.15, 0.2) is 24.3 Å². The number of fused-ring (bicyclic) bond motifs is 3. The minimum absolute atomic E-state index is 0.308. The van der Waals surface area contributed by atoms with Crippen LogP contribution >= 0.6 is 0 Å². The molecule has 0 spiro atoms. The van der Waals surface area contributed by atoms with Gasteiger partial charge in [0.1, 0.15) is 0 Å². The molecule has 0 unspecified atom stereocenters. The molecule has 3 fully saturated rings. The molecular formula is C21H28N2O. The van der Waals surface area contributed by atoms with Gasteiger partial charge in [-0.2, -0.15) is 0 Å². The molecule has 2 heterocycles. The summed E-state index contributed by atoms with van der Waals surface area (Å²) < 4.78 is 0. The zero-order chi connectivity index (χ0) is 16.1. The molecule has 3 atom stereocenters. The number of likely N-dealkylation sites (tertiary alicyclic amines) is 1. The Morgan fingerprint density at radius 3 is 2.58 bits per heavy atom. The fourth-order valence-electron chi connectivity index (χ4n) is 5.97. The molecule has 2 saturated carbocycles. The van der Waals surface area contributed by atoms with Crippen molar-refractivity contribution in [2.45, 2.75) is 51.0 Å². The van der Waals surface area contributed by atoms with Crippen molar-refractivity contribution in [3.05, 3.63) is 29.8 Å². The Morgan fingerprint density at radius 2 is 1.83 bits per heavy atom. The first-order valence-electron chi connectivity index (χ1n) is 9.90. The van der Waals surface area contributed by atoms with Crippen LogP contribution in [0.5, 0.6) is 0 Å². The van der Waals surface area contributed by atoms with E-state index in [-0.39, 0.29) is 0 Å². The lowest BCUT2D eigenvalue weighted by Crippen LogP contribution is -2.47. The molecule has 3 heteroatoms. The molecule has 0 radical (unpaired) electrons. The maximum absolute atomic E-state index is 12.5. The van der Waals surface area contributed by atoms with Crippen LogP contribution in [0.2, 0.25) is 0 Å². The minimum Gasteiger partial charge on any atom is -0.309 e. The standard InChI is InChI=1S/C21H28N2O/c24-21-13-17-3-1-2-4-20(17)23(21)19-7-9-22(10-8-19)14-18-12-15-5-6-16(18)11-15/h1-4,15-16,18-19H,5-14H2/t15-,16+,18-/m1/s1. The first-order valence-corrected chi connectivity index (χ1v) is 9.90. The summed E-state index contributed by atoms with van der Waals surface area (Å²) in [5, 5.41) is 0. The molecule has 24 heavy (non-hydrogen) atoms. The number of benzene rings is 1. The van der Waals surface area contributed by atoms with Crippen LogP contribution in [-0.2, 0) is 11.2 Å². The van der Waals surface area contributed by atoms with Crippen molar-refractivity contribution >= 4 is 11.6 Å². The number of anilines is 1. The van der Waals surface area contributed by atoms with Crippen LogP contribution < -0.4 is 4.90 Å². The molecule has 3 nitrogen and oxygen atoms in total. The molecule has 0 aromatic heterocycles. The third-order valence-corrected chi connectivity index (χ3v) is 7.16. The van der Waals surface area contributed by atoms with E-state index < -0.39 is 0 Å². The SMILES string of the molecule is O=C1Cc2ccccc2N1C1CCN(C[C@H]2C[C@@H]3CC[C@H]2C3)CC1. The van der Waals surface area contributed by atoms with Gasteiger partial charge in [-0.1, -0.05) is 24.6 Å². The molecule has 1 aromatic carbocycles. The highest BCUT2D eigenvalue weighted by Gasteiger charge is 2.41. The van der Waals surface area contributed by atoms with Gasteiger partial charge in [0, 0.05) is 31.4 Å².